The highest BCUT2D eigenvalue weighted by Crippen LogP contribution is 2.06. The first kappa shape index (κ1) is 21.8. The third-order valence-corrected chi connectivity index (χ3v) is 5.01. The number of aromatic nitrogens is 2. The van der Waals surface area contributed by atoms with Gasteiger partial charge in [0.15, 0.2) is 0 Å². The second-order valence-corrected chi connectivity index (χ2v) is 7.17. The van der Waals surface area contributed by atoms with E-state index in [2.05, 4.69) is 10.6 Å². The molecule has 0 saturated carbocycles. The lowest BCUT2D eigenvalue weighted by Crippen LogP contribution is -2.48. The molecule has 0 fully saturated rings. The summed E-state index contributed by atoms with van der Waals surface area (Å²) in [6, 6.07) is 18.4. The monoisotopic (exact) mass is 420 g/mol. The van der Waals surface area contributed by atoms with Crippen molar-refractivity contribution in [1.82, 2.24) is 19.8 Å². The molecular formula is C23H24N4O4. The summed E-state index contributed by atoms with van der Waals surface area (Å²) >= 11 is 0. The third kappa shape index (κ3) is 5.36. The normalized spacial score (nSPS) is 11.5. The maximum absolute atomic E-state index is 12.9. The fraction of sp³-hybridized carbons (Fsp3) is 0.217. The van der Waals surface area contributed by atoms with Crippen LogP contribution in [0.25, 0.3) is 0 Å². The SMILES string of the molecule is Cn1c(CNC(=O)[C@H](Cc2ccccc2)NC(=O)c2ccccc2)cc(=O)n(C)c1=O. The predicted octanol–water partition coefficient (Wildman–Crippen LogP) is 0.741. The largest absolute Gasteiger partial charge is 0.349 e. The molecule has 3 rings (SSSR count). The number of nitrogens with one attached hydrogen (secondary N) is 2. The first-order valence-electron chi connectivity index (χ1n) is 9.80. The second-order valence-electron chi connectivity index (χ2n) is 7.17. The summed E-state index contributed by atoms with van der Waals surface area (Å²) in [6.07, 6.45) is 0.292. The van der Waals surface area contributed by atoms with Gasteiger partial charge in [-0.3, -0.25) is 23.5 Å². The van der Waals surface area contributed by atoms with Gasteiger partial charge in [-0.05, 0) is 17.7 Å². The van der Waals surface area contributed by atoms with Crippen LogP contribution in [0, 0.1) is 0 Å². The zero-order chi connectivity index (χ0) is 22.4. The average molecular weight is 420 g/mol. The number of nitrogens with zero attached hydrogens (tertiary/aromatic N) is 2. The minimum Gasteiger partial charge on any atom is -0.349 e. The van der Waals surface area contributed by atoms with Gasteiger partial charge in [-0.1, -0.05) is 48.5 Å². The van der Waals surface area contributed by atoms with E-state index in [9.17, 15) is 19.2 Å². The molecule has 160 valence electrons. The summed E-state index contributed by atoms with van der Waals surface area (Å²) in [7, 11) is 2.92. The summed E-state index contributed by atoms with van der Waals surface area (Å²) in [6.45, 7) is -0.0207. The number of benzene rings is 2. The van der Waals surface area contributed by atoms with E-state index < -0.39 is 23.2 Å². The maximum atomic E-state index is 12.9. The van der Waals surface area contributed by atoms with Crippen molar-refractivity contribution in [2.75, 3.05) is 0 Å². The van der Waals surface area contributed by atoms with Gasteiger partial charge in [0.25, 0.3) is 11.5 Å². The summed E-state index contributed by atoms with van der Waals surface area (Å²) in [5, 5.41) is 5.51. The van der Waals surface area contributed by atoms with Gasteiger partial charge in [-0.15, -0.1) is 0 Å². The van der Waals surface area contributed by atoms with E-state index in [1.807, 2.05) is 30.3 Å². The van der Waals surface area contributed by atoms with Crippen LogP contribution in [0.2, 0.25) is 0 Å². The molecule has 0 aliphatic heterocycles. The maximum Gasteiger partial charge on any atom is 0.330 e. The Morgan fingerprint density at radius 3 is 2.16 bits per heavy atom. The molecule has 8 heteroatoms. The second kappa shape index (κ2) is 9.71. The zero-order valence-corrected chi connectivity index (χ0v) is 17.4. The predicted molar refractivity (Wildman–Crippen MR) is 117 cm³/mol. The van der Waals surface area contributed by atoms with Gasteiger partial charge in [0.05, 0.1) is 6.54 Å². The highest BCUT2D eigenvalue weighted by molar-refractivity contribution is 5.97. The van der Waals surface area contributed by atoms with Crippen molar-refractivity contribution in [1.29, 1.82) is 0 Å². The van der Waals surface area contributed by atoms with Crippen LogP contribution >= 0.6 is 0 Å². The molecule has 0 aliphatic carbocycles. The van der Waals surface area contributed by atoms with Crippen LogP contribution in [0.15, 0.2) is 76.3 Å². The van der Waals surface area contributed by atoms with Gasteiger partial charge in [0.2, 0.25) is 5.91 Å². The van der Waals surface area contributed by atoms with Gasteiger partial charge in [-0.2, -0.15) is 0 Å². The molecule has 0 saturated heterocycles. The van der Waals surface area contributed by atoms with Crippen LogP contribution in [-0.4, -0.2) is 27.0 Å². The van der Waals surface area contributed by atoms with Crippen molar-refractivity contribution in [3.05, 3.63) is 104 Å². The Morgan fingerprint density at radius 1 is 0.903 bits per heavy atom. The van der Waals surface area contributed by atoms with Crippen LogP contribution in [-0.2, 0) is 31.9 Å². The fourth-order valence-electron chi connectivity index (χ4n) is 3.14. The Morgan fingerprint density at radius 2 is 1.52 bits per heavy atom. The van der Waals surface area contributed by atoms with E-state index in [4.69, 9.17) is 0 Å². The molecule has 31 heavy (non-hydrogen) atoms. The van der Waals surface area contributed by atoms with Crippen molar-refractivity contribution in [2.24, 2.45) is 14.1 Å². The molecule has 1 heterocycles. The molecule has 3 aromatic rings. The minimum atomic E-state index is -0.835. The van der Waals surface area contributed by atoms with Crippen molar-refractivity contribution >= 4 is 11.8 Å². The van der Waals surface area contributed by atoms with Gasteiger partial charge in [0.1, 0.15) is 6.04 Å². The number of hydrogen-bond acceptors (Lipinski definition) is 4. The lowest BCUT2D eigenvalue weighted by atomic mass is 10.0. The van der Waals surface area contributed by atoms with Crippen LogP contribution in [0.5, 0.6) is 0 Å². The minimum absolute atomic E-state index is 0.0207. The lowest BCUT2D eigenvalue weighted by molar-refractivity contribution is -0.123. The Bertz CT molecular complexity index is 1180. The molecular weight excluding hydrogens is 396 g/mol. The van der Waals surface area contributed by atoms with Crippen LogP contribution in [0.4, 0.5) is 0 Å². The number of rotatable bonds is 7. The highest BCUT2D eigenvalue weighted by Gasteiger charge is 2.22. The molecule has 2 N–H and O–H groups in total. The molecule has 0 spiro atoms. The van der Waals surface area contributed by atoms with E-state index >= 15 is 0 Å². The van der Waals surface area contributed by atoms with E-state index in [-0.39, 0.29) is 12.5 Å². The summed E-state index contributed by atoms with van der Waals surface area (Å²) in [4.78, 5) is 49.6. The smallest absolute Gasteiger partial charge is 0.330 e. The highest BCUT2D eigenvalue weighted by atomic mass is 16.2. The van der Waals surface area contributed by atoms with Crippen molar-refractivity contribution in [2.45, 2.75) is 19.0 Å². The van der Waals surface area contributed by atoms with E-state index in [0.29, 0.717) is 17.7 Å². The number of carbonyl (C=O) groups excluding carboxylic acids is 2. The first-order chi connectivity index (χ1) is 14.9. The van der Waals surface area contributed by atoms with Gasteiger partial charge < -0.3 is 10.6 Å². The standard InChI is InChI=1S/C23H24N4O4/c1-26-18(14-20(28)27(2)23(26)31)15-24-22(30)19(13-16-9-5-3-6-10-16)25-21(29)17-11-7-4-8-12-17/h3-12,14,19H,13,15H2,1-2H3,(H,24,30)(H,25,29)/t19-/m0/s1. The molecule has 0 unspecified atom stereocenters. The molecule has 0 bridgehead atoms. The van der Waals surface area contributed by atoms with Crippen molar-refractivity contribution in [3.8, 4) is 0 Å². The van der Waals surface area contributed by atoms with Gasteiger partial charge in [0, 0.05) is 37.8 Å². The molecule has 0 radical (unpaired) electrons. The summed E-state index contributed by atoms with van der Waals surface area (Å²) < 4.78 is 2.29. The van der Waals surface area contributed by atoms with Crippen LogP contribution in [0.1, 0.15) is 21.6 Å². The van der Waals surface area contributed by atoms with Gasteiger partial charge >= 0.3 is 5.69 Å². The number of carbonyl (C=O) groups is 2. The van der Waals surface area contributed by atoms with Crippen molar-refractivity contribution in [3.63, 3.8) is 0 Å². The Balaban J connectivity index is 1.78. The van der Waals surface area contributed by atoms with Crippen LogP contribution < -0.4 is 21.9 Å². The molecule has 2 amide bonds. The first-order valence-corrected chi connectivity index (χ1v) is 9.80. The number of hydrogen-bond donors (Lipinski definition) is 2. The van der Waals surface area contributed by atoms with Crippen molar-refractivity contribution < 1.29 is 9.59 Å². The number of amides is 2. The molecule has 0 aliphatic rings. The zero-order valence-electron chi connectivity index (χ0n) is 17.4. The molecule has 1 aromatic heterocycles. The average Bonchev–Trinajstić information content (AvgIpc) is 2.79. The van der Waals surface area contributed by atoms with Gasteiger partial charge in [-0.25, -0.2) is 4.79 Å². The molecule has 1 atom stereocenters. The van der Waals surface area contributed by atoms with E-state index in [1.165, 1.54) is 24.7 Å². The van der Waals surface area contributed by atoms with Crippen LogP contribution in [0.3, 0.4) is 0 Å². The summed E-state index contributed by atoms with van der Waals surface area (Å²) in [5.41, 5.74) is 0.772. The molecule has 2 aromatic carbocycles. The molecule has 8 nitrogen and oxygen atoms in total. The quantitative estimate of drug-likeness (QED) is 0.589. The Hall–Kier alpha value is -3.94. The van der Waals surface area contributed by atoms with E-state index in [1.54, 1.807) is 30.3 Å². The van der Waals surface area contributed by atoms with E-state index in [0.717, 1.165) is 10.1 Å². The third-order valence-electron chi connectivity index (χ3n) is 5.01. The topological polar surface area (TPSA) is 102 Å². The Labute approximate surface area is 179 Å². The lowest BCUT2D eigenvalue weighted by Gasteiger charge is -2.19. The summed E-state index contributed by atoms with van der Waals surface area (Å²) in [5.74, 6) is -0.779. The Kier molecular flexibility index (Phi) is 6.81. The fourth-order valence-corrected chi connectivity index (χ4v) is 3.14.